The Morgan fingerprint density at radius 1 is 1.00 bits per heavy atom. The average molecular weight is 748 g/mol. The second-order valence-corrected chi connectivity index (χ2v) is 18.8. The fourth-order valence-electron chi connectivity index (χ4n) is 10.3. The molecule has 0 unspecified atom stereocenters. The molecule has 12 nitrogen and oxygen atoms in total. The molecule has 296 valence electrons. The van der Waals surface area contributed by atoms with Gasteiger partial charge in [0.05, 0.1) is 24.2 Å². The molecule has 4 aliphatic carbocycles. The summed E-state index contributed by atoms with van der Waals surface area (Å²) in [6.07, 6.45) is 6.25. The van der Waals surface area contributed by atoms with Gasteiger partial charge in [0, 0.05) is 32.1 Å². The molecule has 4 saturated carbocycles. The van der Waals surface area contributed by atoms with E-state index in [-0.39, 0.29) is 48.2 Å². The fourth-order valence-corrected chi connectivity index (χ4v) is 10.3. The van der Waals surface area contributed by atoms with Crippen molar-refractivity contribution in [2.24, 2.45) is 23.2 Å². The molecule has 7 aliphatic rings. The Kier molecular flexibility index (Phi) is 10.6. The summed E-state index contributed by atoms with van der Waals surface area (Å²) >= 11 is 0. The number of amides is 5. The quantitative estimate of drug-likeness (QED) is 0.329. The molecule has 2 saturated heterocycles. The molecule has 0 aromatic heterocycles. The van der Waals surface area contributed by atoms with E-state index in [0.717, 1.165) is 56.1 Å². The first-order valence-electron chi connectivity index (χ1n) is 20.5. The Bertz CT molecular complexity index is 1590. The Morgan fingerprint density at radius 3 is 2.28 bits per heavy atom. The van der Waals surface area contributed by atoms with Crippen LogP contribution in [0.15, 0.2) is 24.3 Å². The van der Waals surface area contributed by atoms with E-state index in [0.29, 0.717) is 31.3 Å². The number of likely N-dealkylation sites (tertiary alicyclic amines) is 1. The lowest BCUT2D eigenvalue weighted by molar-refractivity contribution is -0.199. The maximum absolute atomic E-state index is 14.8. The van der Waals surface area contributed by atoms with Crippen LogP contribution >= 0.6 is 0 Å². The van der Waals surface area contributed by atoms with Crippen LogP contribution in [0.1, 0.15) is 117 Å². The van der Waals surface area contributed by atoms with Gasteiger partial charge in [0.1, 0.15) is 18.2 Å². The van der Waals surface area contributed by atoms with Crippen LogP contribution in [0.25, 0.3) is 0 Å². The van der Waals surface area contributed by atoms with E-state index in [4.69, 9.17) is 14.0 Å². The molecule has 3 heterocycles. The minimum atomic E-state index is -0.908. The Morgan fingerprint density at radius 2 is 1.67 bits per heavy atom. The minimum Gasteiger partial charge on any atom is -0.444 e. The number of fused-ring (bicyclic) bond motifs is 1. The smallest absolute Gasteiger partial charge is 0.444 e. The molecule has 0 spiro atoms. The van der Waals surface area contributed by atoms with Gasteiger partial charge < -0.3 is 34.5 Å². The van der Waals surface area contributed by atoms with E-state index in [9.17, 15) is 19.2 Å². The normalized spacial score (nSPS) is 31.2. The lowest BCUT2D eigenvalue weighted by Gasteiger charge is -2.64. The van der Waals surface area contributed by atoms with Crippen LogP contribution in [0.5, 0.6) is 0 Å². The molecule has 2 N–H and O–H groups in total. The van der Waals surface area contributed by atoms with E-state index < -0.39 is 48.5 Å². The molecule has 6 fully saturated rings. The summed E-state index contributed by atoms with van der Waals surface area (Å²) in [7, 11) is 1.12. The second kappa shape index (κ2) is 14.6. The van der Waals surface area contributed by atoms with Gasteiger partial charge in [-0.15, -0.1) is 0 Å². The molecule has 3 aliphatic heterocycles. The van der Waals surface area contributed by atoms with Gasteiger partial charge in [-0.2, -0.15) is 0 Å². The van der Waals surface area contributed by atoms with Gasteiger partial charge in [-0.3, -0.25) is 14.5 Å². The highest BCUT2D eigenvalue weighted by Gasteiger charge is 2.68. The molecular formula is C41H62BN5O7. The first-order valence-corrected chi connectivity index (χ1v) is 20.5. The van der Waals surface area contributed by atoms with Crippen LogP contribution in [-0.4, -0.2) is 101 Å². The number of carbonyl (C=O) groups is 4. The van der Waals surface area contributed by atoms with Crippen molar-refractivity contribution < 1.29 is 33.2 Å². The zero-order valence-corrected chi connectivity index (χ0v) is 33.7. The summed E-state index contributed by atoms with van der Waals surface area (Å²) in [5.41, 5.74) is 1.47. The molecule has 1 aromatic carbocycles. The third-order valence-electron chi connectivity index (χ3n) is 14.3. The van der Waals surface area contributed by atoms with Gasteiger partial charge in [-0.05, 0) is 94.1 Å². The first-order chi connectivity index (χ1) is 25.5. The highest BCUT2D eigenvalue weighted by Crippen LogP contribution is 2.65. The summed E-state index contributed by atoms with van der Waals surface area (Å²) in [6.45, 7) is 15.6. The number of nitrogens with one attached hydrogen (secondary N) is 2. The van der Waals surface area contributed by atoms with Crippen molar-refractivity contribution in [1.82, 2.24) is 25.3 Å². The van der Waals surface area contributed by atoms with Crippen LogP contribution < -0.4 is 10.6 Å². The molecule has 13 heteroatoms. The summed E-state index contributed by atoms with van der Waals surface area (Å²) in [4.78, 5) is 61.3. The van der Waals surface area contributed by atoms with Crippen molar-refractivity contribution >= 4 is 31.1 Å². The van der Waals surface area contributed by atoms with Crippen LogP contribution in [0.4, 0.5) is 9.59 Å². The number of urea groups is 1. The summed E-state index contributed by atoms with van der Waals surface area (Å²) in [5, 5.41) is 6.31. The number of hydrogen-bond donors (Lipinski definition) is 2. The lowest BCUT2D eigenvalue weighted by Crippen LogP contribution is -2.65. The van der Waals surface area contributed by atoms with Crippen LogP contribution in [-0.2, 0) is 36.7 Å². The Labute approximate surface area is 321 Å². The summed E-state index contributed by atoms with van der Waals surface area (Å²) in [5.74, 6) is -0.160. The maximum atomic E-state index is 14.8. The van der Waals surface area contributed by atoms with Crippen molar-refractivity contribution in [2.45, 2.75) is 161 Å². The predicted octanol–water partition coefficient (Wildman–Crippen LogP) is 5.66. The predicted molar refractivity (Wildman–Crippen MR) is 205 cm³/mol. The highest BCUT2D eigenvalue weighted by molar-refractivity contribution is 6.47. The van der Waals surface area contributed by atoms with Gasteiger partial charge in [0.25, 0.3) is 0 Å². The van der Waals surface area contributed by atoms with Crippen molar-refractivity contribution in [3.05, 3.63) is 35.4 Å². The third-order valence-corrected chi connectivity index (χ3v) is 14.3. The molecular weight excluding hydrogens is 685 g/mol. The molecule has 8 atom stereocenters. The van der Waals surface area contributed by atoms with Crippen LogP contribution in [0, 0.1) is 23.2 Å². The molecule has 8 rings (SSSR count). The maximum Gasteiger partial charge on any atom is 0.481 e. The van der Waals surface area contributed by atoms with Crippen LogP contribution in [0.3, 0.4) is 0 Å². The standard InChI is InChI=1S/C41H62BN5O7/c1-9-33(42-53-32-20-28-19-31(40(28,5)6)41(32,7)54-42)43-35(48)30-21-29(52-38(51)46-22-26-17-13-14-18-27(26)23-46)24-47(30)36(49)34(25-15-11-10-12-16-25)44-37(50)45(8)39(2,3)4/h13-14,17-18,25,28-34H,9-12,15-16,19-24H2,1-8H3,(H,43,48)(H,44,50)/t28-,29+,30-,31-,32+,33-,34-,41-/m0/s1. The Balaban J connectivity index is 1.10. The summed E-state index contributed by atoms with van der Waals surface area (Å²) in [6, 6.07) is 5.88. The van der Waals surface area contributed by atoms with Gasteiger partial charge in [0.15, 0.2) is 0 Å². The van der Waals surface area contributed by atoms with E-state index in [2.05, 4.69) is 31.4 Å². The van der Waals surface area contributed by atoms with Gasteiger partial charge in [0.2, 0.25) is 11.8 Å². The van der Waals surface area contributed by atoms with Crippen molar-refractivity contribution in [3.8, 4) is 0 Å². The molecule has 1 aromatic rings. The third kappa shape index (κ3) is 7.12. The molecule has 0 radical (unpaired) electrons. The molecule has 54 heavy (non-hydrogen) atoms. The largest absolute Gasteiger partial charge is 0.481 e. The first kappa shape index (κ1) is 38.9. The summed E-state index contributed by atoms with van der Waals surface area (Å²) < 4.78 is 19.4. The number of hydrogen-bond acceptors (Lipinski definition) is 7. The highest BCUT2D eigenvalue weighted by atomic mass is 16.7. The fraction of sp³-hybridized carbons (Fsp3) is 0.756. The number of ether oxygens (including phenoxy) is 1. The van der Waals surface area contributed by atoms with Gasteiger partial charge >= 0.3 is 19.2 Å². The zero-order valence-electron chi connectivity index (χ0n) is 33.7. The average Bonchev–Trinajstić information content (AvgIpc) is 3.86. The van der Waals surface area contributed by atoms with E-state index >= 15 is 0 Å². The van der Waals surface area contributed by atoms with Crippen LogP contribution in [0.2, 0.25) is 0 Å². The second-order valence-electron chi connectivity index (χ2n) is 18.8. The lowest BCUT2D eigenvalue weighted by atomic mass is 9.43. The van der Waals surface area contributed by atoms with E-state index in [1.54, 1.807) is 21.7 Å². The van der Waals surface area contributed by atoms with Gasteiger partial charge in [-0.1, -0.05) is 64.3 Å². The Hall–Kier alpha value is -3.32. The minimum absolute atomic E-state index is 0.0265. The number of benzene rings is 1. The van der Waals surface area contributed by atoms with E-state index in [1.807, 2.05) is 52.0 Å². The SMILES string of the molecule is CC[C@H](NC(=O)[C@@H]1C[C@@H](OC(=O)N2Cc3ccccc3C2)CN1C(=O)[C@@H](NC(=O)N(C)C(C)(C)C)C1CCCCC1)B1O[C@@H]2C[C@@H]3C[C@@H](C3(C)C)[C@]2(C)O1. The topological polar surface area (TPSA) is 130 Å². The van der Waals surface area contributed by atoms with Gasteiger partial charge in [-0.25, -0.2) is 9.59 Å². The van der Waals surface area contributed by atoms with Crippen molar-refractivity contribution in [2.75, 3.05) is 13.6 Å². The molecule has 2 bridgehead atoms. The number of rotatable bonds is 8. The van der Waals surface area contributed by atoms with Crippen molar-refractivity contribution in [3.63, 3.8) is 0 Å². The number of nitrogens with zero attached hydrogens (tertiary/aromatic N) is 3. The van der Waals surface area contributed by atoms with E-state index in [1.165, 1.54) is 0 Å². The zero-order chi connectivity index (χ0) is 38.7. The van der Waals surface area contributed by atoms with Crippen molar-refractivity contribution in [1.29, 1.82) is 0 Å². The molecule has 5 amide bonds. The monoisotopic (exact) mass is 747 g/mol. The number of carbonyl (C=O) groups excluding carboxylic acids is 4.